The summed E-state index contributed by atoms with van der Waals surface area (Å²) in [5, 5.41) is 2.12. The molecule has 0 aliphatic heterocycles. The second-order valence-electron chi connectivity index (χ2n) is 8.51. The van der Waals surface area contributed by atoms with Crippen molar-refractivity contribution in [2.45, 2.75) is 25.8 Å². The molecule has 6 nitrogen and oxygen atoms in total. The number of methoxy groups -OCH3 is 2. The van der Waals surface area contributed by atoms with Gasteiger partial charge in [0.2, 0.25) is 5.76 Å². The topological polar surface area (TPSA) is 71.1 Å². The molecule has 0 saturated carbocycles. The molecule has 0 fully saturated rings. The largest absolute Gasteiger partial charge is 0.482 e. The summed E-state index contributed by atoms with van der Waals surface area (Å²) >= 11 is 0. The number of hydrogen-bond donors (Lipinski definition) is 0. The van der Waals surface area contributed by atoms with Crippen molar-refractivity contribution in [3.63, 3.8) is 0 Å². The van der Waals surface area contributed by atoms with Crippen LogP contribution in [0.2, 0.25) is 5.04 Å². The van der Waals surface area contributed by atoms with E-state index < -0.39 is 20.3 Å². The average Bonchev–Trinajstić information content (AvgIpc) is 2.81. The van der Waals surface area contributed by atoms with Crippen LogP contribution in [0.3, 0.4) is 0 Å². The molecule has 0 aliphatic carbocycles. The van der Waals surface area contributed by atoms with Crippen molar-refractivity contribution in [2.24, 2.45) is 0 Å². The van der Waals surface area contributed by atoms with Gasteiger partial charge in [0.05, 0.1) is 26.9 Å². The lowest BCUT2D eigenvalue weighted by molar-refractivity contribution is -0.141. The Morgan fingerprint density at radius 2 is 1.39 bits per heavy atom. The van der Waals surface area contributed by atoms with Gasteiger partial charge in [-0.1, -0.05) is 88.0 Å². The predicted molar refractivity (Wildman–Crippen MR) is 131 cm³/mol. The summed E-state index contributed by atoms with van der Waals surface area (Å²) in [6.07, 6.45) is 0.947. The van der Waals surface area contributed by atoms with Crippen LogP contribution in [-0.2, 0) is 28.2 Å². The van der Waals surface area contributed by atoms with E-state index >= 15 is 0 Å². The summed E-state index contributed by atoms with van der Waals surface area (Å²) < 4.78 is 21.5. The van der Waals surface area contributed by atoms with E-state index in [1.54, 1.807) is 0 Å². The van der Waals surface area contributed by atoms with Crippen LogP contribution in [0.25, 0.3) is 0 Å². The average molecular weight is 469 g/mol. The molecule has 0 saturated heterocycles. The number of hydrogen-bond acceptors (Lipinski definition) is 6. The Hall–Kier alpha value is -3.16. The Balaban J connectivity index is 2.30. The molecule has 0 unspecified atom stereocenters. The minimum Gasteiger partial charge on any atom is -0.482 e. The number of benzene rings is 2. The van der Waals surface area contributed by atoms with Gasteiger partial charge in [-0.2, -0.15) is 0 Å². The number of esters is 2. The Bertz CT molecular complexity index is 937. The van der Waals surface area contributed by atoms with Crippen molar-refractivity contribution in [2.75, 3.05) is 27.4 Å². The van der Waals surface area contributed by atoms with Crippen LogP contribution in [0, 0.1) is 0 Å². The second kappa shape index (κ2) is 11.6. The number of carbonyl (C=O) groups excluding carboxylic acids is 2. The summed E-state index contributed by atoms with van der Waals surface area (Å²) in [6, 6.07) is 20.5. The zero-order valence-corrected chi connectivity index (χ0v) is 20.9. The van der Waals surface area contributed by atoms with Gasteiger partial charge in [0.15, 0.2) is 0 Å². The summed E-state index contributed by atoms with van der Waals surface area (Å²) in [6.45, 7) is 10.8. The fraction of sp³-hybridized carbons (Fsp3) is 0.308. The van der Waals surface area contributed by atoms with Crippen LogP contribution < -0.4 is 10.4 Å². The lowest BCUT2D eigenvalue weighted by Crippen LogP contribution is -2.66. The molecule has 0 amide bonds. The SMILES string of the molecule is C=C(CO/C(=C/C(=O)OC)C(=O)OC)CO[Si](c1ccccc1)(c1ccccc1)C(C)(C)C. The van der Waals surface area contributed by atoms with E-state index in [9.17, 15) is 9.59 Å². The van der Waals surface area contributed by atoms with Crippen molar-refractivity contribution >= 4 is 30.6 Å². The van der Waals surface area contributed by atoms with Gasteiger partial charge in [0.1, 0.15) is 6.61 Å². The highest BCUT2D eigenvalue weighted by molar-refractivity contribution is 6.99. The molecule has 0 bridgehead atoms. The zero-order chi connectivity index (χ0) is 24.5. The Kier molecular flexibility index (Phi) is 9.19. The normalized spacial score (nSPS) is 12.1. The molecular formula is C26H32O6Si. The van der Waals surface area contributed by atoms with Crippen molar-refractivity contribution in [3.05, 3.63) is 84.7 Å². The molecule has 2 aromatic rings. The van der Waals surface area contributed by atoms with E-state index in [1.165, 1.54) is 14.2 Å². The monoisotopic (exact) mass is 468 g/mol. The van der Waals surface area contributed by atoms with E-state index in [2.05, 4.69) is 61.1 Å². The van der Waals surface area contributed by atoms with Gasteiger partial charge >= 0.3 is 11.9 Å². The van der Waals surface area contributed by atoms with Crippen LogP contribution >= 0.6 is 0 Å². The maximum Gasteiger partial charge on any atom is 0.373 e. The van der Waals surface area contributed by atoms with Gasteiger partial charge < -0.3 is 18.6 Å². The fourth-order valence-corrected chi connectivity index (χ4v) is 8.20. The molecular weight excluding hydrogens is 436 g/mol. The molecule has 2 aromatic carbocycles. The molecule has 176 valence electrons. The highest BCUT2D eigenvalue weighted by atomic mass is 28.4. The molecule has 0 aromatic heterocycles. The molecule has 0 aliphatic rings. The third-order valence-electron chi connectivity index (χ3n) is 5.18. The number of ether oxygens (including phenoxy) is 3. The molecule has 0 heterocycles. The molecule has 2 rings (SSSR count). The minimum absolute atomic E-state index is 0.0177. The zero-order valence-electron chi connectivity index (χ0n) is 19.9. The third-order valence-corrected chi connectivity index (χ3v) is 10.2. The van der Waals surface area contributed by atoms with Crippen LogP contribution in [0.5, 0.6) is 0 Å². The van der Waals surface area contributed by atoms with Crippen molar-refractivity contribution in [1.82, 2.24) is 0 Å². The highest BCUT2D eigenvalue weighted by Crippen LogP contribution is 2.36. The van der Waals surface area contributed by atoms with Gasteiger partial charge in [-0.25, -0.2) is 9.59 Å². The molecule has 7 heteroatoms. The first-order valence-electron chi connectivity index (χ1n) is 10.6. The first-order chi connectivity index (χ1) is 15.7. The predicted octanol–water partition coefficient (Wildman–Crippen LogP) is 3.37. The van der Waals surface area contributed by atoms with E-state index in [1.807, 2.05) is 36.4 Å². The van der Waals surface area contributed by atoms with Crippen molar-refractivity contribution < 1.29 is 28.2 Å². The maximum absolute atomic E-state index is 11.9. The Morgan fingerprint density at radius 3 is 1.82 bits per heavy atom. The standard InChI is InChI=1S/C26H32O6Si/c1-20(18-31-23(25(28)30-6)17-24(27)29-5)19-32-33(26(2,3)4,21-13-9-7-10-14-21)22-15-11-8-12-16-22/h7-17H,1,18-19H2,2-6H3/b23-17+. The maximum atomic E-state index is 11.9. The number of rotatable bonds is 10. The van der Waals surface area contributed by atoms with E-state index in [0.29, 0.717) is 5.57 Å². The van der Waals surface area contributed by atoms with Gasteiger partial charge in [-0.05, 0) is 21.0 Å². The fourth-order valence-electron chi connectivity index (χ4n) is 3.62. The van der Waals surface area contributed by atoms with Gasteiger partial charge in [0.25, 0.3) is 8.32 Å². The second-order valence-corrected chi connectivity index (χ2v) is 12.8. The van der Waals surface area contributed by atoms with Crippen molar-refractivity contribution in [3.8, 4) is 0 Å². The van der Waals surface area contributed by atoms with Gasteiger partial charge in [-0.3, -0.25) is 0 Å². The molecule has 0 spiro atoms. The van der Waals surface area contributed by atoms with E-state index in [-0.39, 0.29) is 24.0 Å². The first-order valence-corrected chi connectivity index (χ1v) is 12.5. The van der Waals surface area contributed by atoms with E-state index in [0.717, 1.165) is 16.4 Å². The van der Waals surface area contributed by atoms with Crippen LogP contribution in [0.1, 0.15) is 20.8 Å². The van der Waals surface area contributed by atoms with Crippen LogP contribution in [0.15, 0.2) is 84.7 Å². The Labute approximate surface area is 197 Å². The molecule has 0 N–H and O–H groups in total. The van der Waals surface area contributed by atoms with Gasteiger partial charge in [-0.15, -0.1) is 0 Å². The highest BCUT2D eigenvalue weighted by Gasteiger charge is 2.50. The summed E-state index contributed by atoms with van der Waals surface area (Å²) in [4.78, 5) is 23.5. The van der Waals surface area contributed by atoms with E-state index in [4.69, 9.17) is 9.16 Å². The molecule has 33 heavy (non-hydrogen) atoms. The third kappa shape index (κ3) is 6.43. The molecule has 0 radical (unpaired) electrons. The summed E-state index contributed by atoms with van der Waals surface area (Å²) in [5.74, 6) is -1.75. The lowest BCUT2D eigenvalue weighted by Gasteiger charge is -2.43. The Morgan fingerprint density at radius 1 is 0.879 bits per heavy atom. The number of carbonyl (C=O) groups is 2. The van der Waals surface area contributed by atoms with Crippen LogP contribution in [-0.4, -0.2) is 47.7 Å². The summed E-state index contributed by atoms with van der Waals surface area (Å²) in [7, 11) is -0.307. The first kappa shape index (κ1) is 26.1. The summed E-state index contributed by atoms with van der Waals surface area (Å²) in [5.41, 5.74) is 0.614. The molecule has 0 atom stereocenters. The lowest BCUT2D eigenvalue weighted by atomic mass is 10.2. The van der Waals surface area contributed by atoms with Gasteiger partial charge in [0, 0.05) is 0 Å². The quantitative estimate of drug-likeness (QED) is 0.175. The smallest absolute Gasteiger partial charge is 0.373 e. The van der Waals surface area contributed by atoms with Crippen molar-refractivity contribution in [1.29, 1.82) is 0 Å². The minimum atomic E-state index is -2.73. The van der Waals surface area contributed by atoms with Crippen LogP contribution in [0.4, 0.5) is 0 Å².